The van der Waals surface area contributed by atoms with E-state index in [1.165, 1.54) is 18.3 Å². The lowest BCUT2D eigenvalue weighted by Gasteiger charge is -2.19. The smallest absolute Gasteiger partial charge is 0.211 e. The summed E-state index contributed by atoms with van der Waals surface area (Å²) in [6.07, 6.45) is 0. The molecule has 0 aliphatic rings. The van der Waals surface area contributed by atoms with Gasteiger partial charge in [-0.3, -0.25) is 0 Å². The van der Waals surface area contributed by atoms with Gasteiger partial charge >= 0.3 is 0 Å². The summed E-state index contributed by atoms with van der Waals surface area (Å²) < 4.78 is 52.3. The van der Waals surface area contributed by atoms with E-state index in [0.29, 0.717) is 10.4 Å². The van der Waals surface area contributed by atoms with Crippen LogP contribution in [0.25, 0.3) is 0 Å². The van der Waals surface area contributed by atoms with E-state index in [4.69, 9.17) is 0 Å². The highest BCUT2D eigenvalue weighted by molar-refractivity contribution is 7.92. The van der Waals surface area contributed by atoms with Crippen LogP contribution in [0, 0.1) is 13.8 Å². The molecular weight excluding hydrogens is 366 g/mol. The number of hydrogen-bond donors (Lipinski definition) is 1. The van der Waals surface area contributed by atoms with Crippen LogP contribution in [0.15, 0.2) is 40.6 Å². The van der Waals surface area contributed by atoms with Crippen LogP contribution < -0.4 is 4.72 Å². The predicted molar refractivity (Wildman–Crippen MR) is 97.6 cm³/mol. The zero-order chi connectivity index (χ0) is 18.0. The molecule has 2 rings (SSSR count). The highest BCUT2D eigenvalue weighted by Gasteiger charge is 2.32. The second-order valence-corrected chi connectivity index (χ2v) is 10.7. The third kappa shape index (κ3) is 4.24. The first kappa shape index (κ1) is 19.1. The number of benzene rings is 1. The van der Waals surface area contributed by atoms with Gasteiger partial charge in [0.2, 0.25) is 10.0 Å². The Balaban J connectivity index is 2.48. The first-order valence-corrected chi connectivity index (χ1v) is 11.6. The average molecular weight is 388 g/mol. The number of rotatable bonds is 7. The van der Waals surface area contributed by atoms with Crippen molar-refractivity contribution in [3.63, 3.8) is 0 Å². The van der Waals surface area contributed by atoms with Crippen LogP contribution in [-0.2, 0) is 19.9 Å². The Morgan fingerprint density at radius 3 is 2.42 bits per heavy atom. The van der Waals surface area contributed by atoms with Gasteiger partial charge in [-0.25, -0.2) is 21.6 Å². The summed E-state index contributed by atoms with van der Waals surface area (Å²) >= 11 is 1.31. The molecule has 24 heavy (non-hydrogen) atoms. The van der Waals surface area contributed by atoms with Crippen LogP contribution in [0.2, 0.25) is 0 Å². The molecule has 1 aromatic carbocycles. The Labute approximate surface area is 147 Å². The maximum atomic E-state index is 13.2. The molecule has 8 heteroatoms. The van der Waals surface area contributed by atoms with E-state index in [-0.39, 0.29) is 17.2 Å². The number of thiophene rings is 1. The maximum absolute atomic E-state index is 13.2. The molecule has 0 aliphatic carbocycles. The summed E-state index contributed by atoms with van der Waals surface area (Å²) in [4.78, 5) is 0.867. The molecule has 0 unspecified atom stereocenters. The van der Waals surface area contributed by atoms with E-state index >= 15 is 0 Å². The number of aryl methyl sites for hydroxylation is 2. The zero-order valence-electron chi connectivity index (χ0n) is 13.8. The van der Waals surface area contributed by atoms with E-state index in [1.54, 1.807) is 36.6 Å². The molecule has 0 bridgehead atoms. The topological polar surface area (TPSA) is 80.3 Å². The minimum atomic E-state index is -3.72. The van der Waals surface area contributed by atoms with Crippen molar-refractivity contribution in [1.82, 2.24) is 4.72 Å². The highest BCUT2D eigenvalue weighted by atomic mass is 32.2. The second-order valence-electron chi connectivity index (χ2n) is 5.57. The average Bonchev–Trinajstić information content (AvgIpc) is 3.03. The summed E-state index contributed by atoms with van der Waals surface area (Å²) in [6, 6.07) is 8.75. The molecule has 5 nitrogen and oxygen atoms in total. The molecule has 2 aromatic rings. The van der Waals surface area contributed by atoms with Gasteiger partial charge in [0, 0.05) is 11.4 Å². The molecule has 0 saturated carbocycles. The second kappa shape index (κ2) is 7.35. The highest BCUT2D eigenvalue weighted by Crippen LogP contribution is 2.33. The molecule has 0 fully saturated rings. The maximum Gasteiger partial charge on any atom is 0.211 e. The summed E-state index contributed by atoms with van der Waals surface area (Å²) in [5.74, 6) is -0.0896. The number of hydrogen-bond acceptors (Lipinski definition) is 5. The molecule has 1 heterocycles. The normalized spacial score (nSPS) is 13.8. The molecule has 0 aliphatic heterocycles. The molecule has 0 spiro atoms. The van der Waals surface area contributed by atoms with Gasteiger partial charge < -0.3 is 0 Å². The van der Waals surface area contributed by atoms with Crippen molar-refractivity contribution < 1.29 is 16.8 Å². The Kier molecular flexibility index (Phi) is 5.85. The lowest BCUT2D eigenvalue weighted by Crippen LogP contribution is -2.32. The van der Waals surface area contributed by atoms with Gasteiger partial charge in [0.25, 0.3) is 0 Å². The predicted octanol–water partition coefficient (Wildman–Crippen LogP) is 2.82. The molecule has 1 atom stereocenters. The fourth-order valence-electron chi connectivity index (χ4n) is 2.31. The van der Waals surface area contributed by atoms with Crippen molar-refractivity contribution in [2.75, 3.05) is 12.3 Å². The molecule has 0 saturated heterocycles. The molecule has 0 amide bonds. The van der Waals surface area contributed by atoms with Gasteiger partial charge in [-0.15, -0.1) is 11.3 Å². The van der Waals surface area contributed by atoms with Crippen molar-refractivity contribution >= 4 is 31.2 Å². The largest absolute Gasteiger partial charge is 0.223 e. The first-order valence-electron chi connectivity index (χ1n) is 7.49. The summed E-state index contributed by atoms with van der Waals surface area (Å²) in [6.45, 7) is 4.92. The van der Waals surface area contributed by atoms with E-state index in [0.717, 1.165) is 5.56 Å². The zero-order valence-corrected chi connectivity index (χ0v) is 16.3. The standard InChI is InChI=1S/C16H21NO4S3/c1-4-23(18,19)17-11-16(14-6-5-9-22-14)24(20,21)15-10-12(2)7-8-13(15)3/h5-10,16-17H,4,11H2,1-3H3/t16-/m1/s1. The number of nitrogens with one attached hydrogen (secondary N) is 1. The van der Waals surface area contributed by atoms with Crippen LogP contribution in [0.5, 0.6) is 0 Å². The molecule has 1 N–H and O–H groups in total. The minimum Gasteiger partial charge on any atom is -0.223 e. The van der Waals surface area contributed by atoms with Crippen LogP contribution in [0.4, 0.5) is 0 Å². The van der Waals surface area contributed by atoms with Crippen LogP contribution in [0.3, 0.4) is 0 Å². The van der Waals surface area contributed by atoms with Crippen molar-refractivity contribution in [2.45, 2.75) is 30.9 Å². The van der Waals surface area contributed by atoms with Gasteiger partial charge in [-0.05, 0) is 49.4 Å². The lowest BCUT2D eigenvalue weighted by atomic mass is 10.2. The summed E-state index contributed by atoms with van der Waals surface area (Å²) in [5.41, 5.74) is 1.50. The van der Waals surface area contributed by atoms with Gasteiger partial charge in [0.15, 0.2) is 9.84 Å². The third-order valence-electron chi connectivity index (χ3n) is 3.75. The van der Waals surface area contributed by atoms with Crippen LogP contribution >= 0.6 is 11.3 Å². The lowest BCUT2D eigenvalue weighted by molar-refractivity contribution is 0.570. The van der Waals surface area contributed by atoms with Crippen LogP contribution in [0.1, 0.15) is 28.2 Å². The Morgan fingerprint density at radius 2 is 1.83 bits per heavy atom. The van der Waals surface area contributed by atoms with E-state index in [9.17, 15) is 16.8 Å². The van der Waals surface area contributed by atoms with Crippen molar-refractivity contribution in [3.8, 4) is 0 Å². The fraction of sp³-hybridized carbons (Fsp3) is 0.375. The quantitative estimate of drug-likeness (QED) is 0.792. The summed E-state index contributed by atoms with van der Waals surface area (Å²) in [5, 5.41) is 0.842. The van der Waals surface area contributed by atoms with E-state index in [2.05, 4.69) is 4.72 Å². The summed E-state index contributed by atoms with van der Waals surface area (Å²) in [7, 11) is -7.20. The van der Waals surface area contributed by atoms with Crippen molar-refractivity contribution in [3.05, 3.63) is 51.7 Å². The third-order valence-corrected chi connectivity index (χ3v) is 8.48. The fourth-order valence-corrected chi connectivity index (χ4v) is 6.15. The molecule has 132 valence electrons. The molecule has 1 aromatic heterocycles. The molecular formula is C16H21NO4S3. The van der Waals surface area contributed by atoms with Gasteiger partial charge in [-0.2, -0.15) is 0 Å². The van der Waals surface area contributed by atoms with E-state index in [1.807, 2.05) is 13.0 Å². The first-order chi connectivity index (χ1) is 11.2. The number of sulfonamides is 1. The van der Waals surface area contributed by atoms with Gasteiger partial charge in [-0.1, -0.05) is 18.2 Å². The Bertz CT molecular complexity index is 901. The Morgan fingerprint density at radius 1 is 1.12 bits per heavy atom. The Hall–Kier alpha value is -1.22. The molecule has 0 radical (unpaired) electrons. The van der Waals surface area contributed by atoms with Gasteiger partial charge in [0.05, 0.1) is 10.6 Å². The van der Waals surface area contributed by atoms with Crippen LogP contribution in [-0.4, -0.2) is 29.1 Å². The van der Waals surface area contributed by atoms with Crippen molar-refractivity contribution in [2.24, 2.45) is 0 Å². The number of sulfone groups is 1. The minimum absolute atomic E-state index is 0.0896. The monoisotopic (exact) mass is 387 g/mol. The van der Waals surface area contributed by atoms with Crippen molar-refractivity contribution in [1.29, 1.82) is 0 Å². The van der Waals surface area contributed by atoms with Gasteiger partial charge in [0.1, 0.15) is 5.25 Å². The van der Waals surface area contributed by atoms with E-state index < -0.39 is 25.1 Å². The SMILES string of the molecule is CCS(=O)(=O)NC[C@H](c1cccs1)S(=O)(=O)c1cc(C)ccc1C.